The van der Waals surface area contributed by atoms with Crippen molar-refractivity contribution in [2.75, 3.05) is 6.61 Å². The molecule has 6 nitrogen and oxygen atoms in total. The van der Waals surface area contributed by atoms with Crippen molar-refractivity contribution in [1.29, 1.82) is 0 Å². The van der Waals surface area contributed by atoms with Crippen LogP contribution in [0, 0.1) is 50.2 Å². The molecule has 0 aromatic carbocycles. The van der Waals surface area contributed by atoms with Crippen molar-refractivity contribution < 1.29 is 28.6 Å². The highest BCUT2D eigenvalue weighted by molar-refractivity contribution is 5.67. The molecule has 10 atom stereocenters. The van der Waals surface area contributed by atoms with Gasteiger partial charge in [0.1, 0.15) is 18.8 Å². The van der Waals surface area contributed by atoms with Crippen molar-refractivity contribution >= 4 is 17.9 Å². The van der Waals surface area contributed by atoms with Gasteiger partial charge in [-0.1, -0.05) is 60.1 Å². The number of hydrogen-bond donors (Lipinski definition) is 0. The summed E-state index contributed by atoms with van der Waals surface area (Å²) in [7, 11) is 0. The molecule has 5 aliphatic carbocycles. The van der Waals surface area contributed by atoms with Gasteiger partial charge in [-0.15, -0.1) is 0 Å². The SMILES string of the molecule is CC(=O)OC[C@]1(C)[C@@H]2CC[C@]3(C)[C@H](CC=C4[C@@H]5CC(C)(C)[C@@H](OC(C)=O)C[C@]5(C)CC[C@]43C)[C@@]2(C)CC[C@@H]1OC(C)=O. The Morgan fingerprint density at radius 3 is 2.02 bits per heavy atom. The summed E-state index contributed by atoms with van der Waals surface area (Å²) in [5, 5.41) is 0. The van der Waals surface area contributed by atoms with E-state index in [4.69, 9.17) is 14.2 Å². The summed E-state index contributed by atoms with van der Waals surface area (Å²) in [6, 6.07) is 0. The Morgan fingerprint density at radius 2 is 1.40 bits per heavy atom. The number of fused-ring (bicyclic) bond motifs is 7. The summed E-state index contributed by atoms with van der Waals surface area (Å²) >= 11 is 0. The van der Waals surface area contributed by atoms with Crippen molar-refractivity contribution in [1.82, 2.24) is 0 Å². The molecular formula is C36H56O6. The summed E-state index contributed by atoms with van der Waals surface area (Å²) in [5.74, 6) is 0.591. The maximum Gasteiger partial charge on any atom is 0.302 e. The van der Waals surface area contributed by atoms with Crippen molar-refractivity contribution in [3.8, 4) is 0 Å². The number of carbonyl (C=O) groups excluding carboxylic acids is 3. The number of rotatable bonds is 4. The number of esters is 3. The largest absolute Gasteiger partial charge is 0.465 e. The van der Waals surface area contributed by atoms with E-state index in [0.29, 0.717) is 24.4 Å². The van der Waals surface area contributed by atoms with Gasteiger partial charge in [-0.25, -0.2) is 0 Å². The predicted octanol–water partition coefficient (Wildman–Crippen LogP) is 7.82. The molecule has 4 saturated carbocycles. The minimum atomic E-state index is -0.416. The van der Waals surface area contributed by atoms with Crippen LogP contribution in [-0.4, -0.2) is 36.7 Å². The fourth-order valence-corrected chi connectivity index (χ4v) is 11.6. The zero-order valence-corrected chi connectivity index (χ0v) is 28.0. The van der Waals surface area contributed by atoms with E-state index in [-0.39, 0.29) is 57.2 Å². The summed E-state index contributed by atoms with van der Waals surface area (Å²) < 4.78 is 17.6. The number of ether oxygens (including phenoxy) is 3. The Hall–Kier alpha value is -1.85. The number of hydrogen-bond acceptors (Lipinski definition) is 6. The van der Waals surface area contributed by atoms with Crippen LogP contribution in [0.1, 0.15) is 127 Å². The summed E-state index contributed by atoms with van der Waals surface area (Å²) in [4.78, 5) is 36.1. The van der Waals surface area contributed by atoms with Crippen LogP contribution >= 0.6 is 0 Å². The lowest BCUT2D eigenvalue weighted by Gasteiger charge is -2.71. The van der Waals surface area contributed by atoms with Gasteiger partial charge in [0, 0.05) is 31.6 Å². The Kier molecular flexibility index (Phi) is 7.58. The van der Waals surface area contributed by atoms with Gasteiger partial charge in [-0.05, 0) is 97.2 Å². The maximum absolute atomic E-state index is 12.2. The maximum atomic E-state index is 12.2. The van der Waals surface area contributed by atoms with Gasteiger partial charge >= 0.3 is 17.9 Å². The van der Waals surface area contributed by atoms with E-state index in [0.717, 1.165) is 57.8 Å². The highest BCUT2D eigenvalue weighted by Gasteiger charge is 2.69. The van der Waals surface area contributed by atoms with Crippen LogP contribution in [0.15, 0.2) is 11.6 Å². The van der Waals surface area contributed by atoms with E-state index in [2.05, 4.69) is 54.5 Å². The van der Waals surface area contributed by atoms with Crippen molar-refractivity contribution in [3.05, 3.63) is 11.6 Å². The average Bonchev–Trinajstić information content (AvgIpc) is 2.86. The lowest BCUT2D eigenvalue weighted by atomic mass is 9.33. The smallest absolute Gasteiger partial charge is 0.302 e. The fourth-order valence-electron chi connectivity index (χ4n) is 11.6. The third-order valence-corrected chi connectivity index (χ3v) is 14.1. The first kappa shape index (κ1) is 31.6. The molecule has 0 bridgehead atoms. The third-order valence-electron chi connectivity index (χ3n) is 14.1. The van der Waals surface area contributed by atoms with Crippen LogP contribution in [0.25, 0.3) is 0 Å². The van der Waals surface area contributed by atoms with Gasteiger partial charge in [-0.2, -0.15) is 0 Å². The van der Waals surface area contributed by atoms with Crippen LogP contribution in [0.3, 0.4) is 0 Å². The molecule has 6 heteroatoms. The highest BCUT2D eigenvalue weighted by Crippen LogP contribution is 2.76. The second-order valence-corrected chi connectivity index (χ2v) is 16.9. The quantitative estimate of drug-likeness (QED) is 0.190. The Morgan fingerprint density at radius 1 is 0.762 bits per heavy atom. The third kappa shape index (κ3) is 4.59. The van der Waals surface area contributed by atoms with Crippen LogP contribution < -0.4 is 0 Å². The minimum Gasteiger partial charge on any atom is -0.465 e. The van der Waals surface area contributed by atoms with Gasteiger partial charge in [0.2, 0.25) is 0 Å². The standard InChI is InChI=1S/C36H56O6/c1-22(37)40-21-34(8)27-13-16-36(10)28(33(27,7)15-14-29(34)41-23(2)38)12-11-25-26-19-31(4,5)30(42-24(3)39)20-32(26,6)17-18-35(25,36)9/h11,26-30H,12-21H2,1-10H3/t26-,27+,28+,29-,30-,32-,33-,34+,35+,36+/m0/s1. The molecule has 0 heterocycles. The molecule has 0 amide bonds. The van der Waals surface area contributed by atoms with Crippen LogP contribution in [-0.2, 0) is 28.6 Å². The van der Waals surface area contributed by atoms with E-state index in [1.54, 1.807) is 12.5 Å². The molecule has 4 fully saturated rings. The fraction of sp³-hybridized carbons (Fsp3) is 0.861. The van der Waals surface area contributed by atoms with E-state index < -0.39 is 5.41 Å². The molecule has 0 unspecified atom stereocenters. The molecule has 0 aliphatic heterocycles. The van der Waals surface area contributed by atoms with Gasteiger partial charge in [-0.3, -0.25) is 14.4 Å². The topological polar surface area (TPSA) is 78.9 Å². The normalized spacial score (nSPS) is 47.4. The van der Waals surface area contributed by atoms with Gasteiger partial charge < -0.3 is 14.2 Å². The van der Waals surface area contributed by atoms with Crippen molar-refractivity contribution in [2.45, 2.75) is 139 Å². The zero-order chi connectivity index (χ0) is 31.1. The van der Waals surface area contributed by atoms with Crippen LogP contribution in [0.5, 0.6) is 0 Å². The van der Waals surface area contributed by atoms with Gasteiger partial charge in [0.25, 0.3) is 0 Å². The number of carbonyl (C=O) groups is 3. The summed E-state index contributed by atoms with van der Waals surface area (Å²) in [5.41, 5.74) is 1.63. The monoisotopic (exact) mass is 584 g/mol. The molecule has 0 spiro atoms. The molecule has 0 aromatic rings. The molecule has 5 rings (SSSR count). The molecule has 0 aromatic heterocycles. The Labute approximate surface area is 254 Å². The molecule has 0 N–H and O–H groups in total. The molecule has 0 saturated heterocycles. The molecule has 5 aliphatic rings. The first-order chi connectivity index (χ1) is 19.3. The highest BCUT2D eigenvalue weighted by atomic mass is 16.6. The summed E-state index contributed by atoms with van der Waals surface area (Å²) in [6.45, 7) is 21.7. The van der Waals surface area contributed by atoms with E-state index in [1.165, 1.54) is 13.8 Å². The second-order valence-electron chi connectivity index (χ2n) is 16.9. The molecule has 0 radical (unpaired) electrons. The zero-order valence-electron chi connectivity index (χ0n) is 28.0. The number of allylic oxidation sites excluding steroid dienone is 2. The second kappa shape index (κ2) is 10.1. The predicted molar refractivity (Wildman–Crippen MR) is 162 cm³/mol. The molecule has 42 heavy (non-hydrogen) atoms. The first-order valence-corrected chi connectivity index (χ1v) is 16.5. The molecule has 236 valence electrons. The van der Waals surface area contributed by atoms with Crippen molar-refractivity contribution in [2.24, 2.45) is 50.2 Å². The van der Waals surface area contributed by atoms with Crippen LogP contribution in [0.2, 0.25) is 0 Å². The average molecular weight is 585 g/mol. The van der Waals surface area contributed by atoms with E-state index in [9.17, 15) is 14.4 Å². The van der Waals surface area contributed by atoms with E-state index >= 15 is 0 Å². The lowest BCUT2D eigenvalue weighted by Crippen LogP contribution is -2.66. The van der Waals surface area contributed by atoms with Gasteiger partial charge in [0.05, 0.1) is 0 Å². The van der Waals surface area contributed by atoms with E-state index in [1.807, 2.05) is 0 Å². The minimum absolute atomic E-state index is 0.0372. The first-order valence-electron chi connectivity index (χ1n) is 16.5. The lowest BCUT2D eigenvalue weighted by molar-refractivity contribution is -0.227. The van der Waals surface area contributed by atoms with Gasteiger partial charge in [0.15, 0.2) is 0 Å². The van der Waals surface area contributed by atoms with Crippen molar-refractivity contribution in [3.63, 3.8) is 0 Å². The van der Waals surface area contributed by atoms with Crippen LogP contribution in [0.4, 0.5) is 0 Å². The summed E-state index contributed by atoms with van der Waals surface area (Å²) in [6.07, 6.45) is 11.7. The molecular weight excluding hydrogens is 528 g/mol. The Balaban J connectivity index is 1.51. The Bertz CT molecular complexity index is 1170.